The van der Waals surface area contributed by atoms with Crippen molar-refractivity contribution in [3.05, 3.63) is 69.8 Å². The first-order valence-electron chi connectivity index (χ1n) is 12.9. The third-order valence-electron chi connectivity index (χ3n) is 6.94. The highest BCUT2D eigenvalue weighted by Gasteiger charge is 2.34. The number of phenols is 1. The maximum atomic E-state index is 13.7. The minimum absolute atomic E-state index is 0.0338. The number of phenolic OH excluding ortho intramolecular Hbond substituents is 1. The second kappa shape index (κ2) is 10.9. The molecule has 1 atom stereocenters. The maximum Gasteiger partial charge on any atom is 0.182 e. The average Bonchev–Trinajstić information content (AvgIpc) is 3.09. The number of hydrogen-bond donors (Lipinski definition) is 1. The van der Waals surface area contributed by atoms with Gasteiger partial charge in [-0.2, -0.15) is 4.02 Å². The third-order valence-corrected chi connectivity index (χ3v) is 7.27. The van der Waals surface area contributed by atoms with Crippen molar-refractivity contribution in [2.75, 3.05) is 13.1 Å². The lowest BCUT2D eigenvalue weighted by Crippen LogP contribution is -2.32. The van der Waals surface area contributed by atoms with E-state index in [1.165, 1.54) is 11.1 Å². The topological polar surface area (TPSA) is 52.9 Å². The molecule has 0 aromatic heterocycles. The summed E-state index contributed by atoms with van der Waals surface area (Å²) in [5, 5.41) is 11.1. The van der Waals surface area contributed by atoms with E-state index in [-0.39, 0.29) is 23.2 Å². The molecule has 194 valence electrons. The molecule has 36 heavy (non-hydrogen) atoms. The number of benzene rings is 2. The highest BCUT2D eigenvalue weighted by Crippen LogP contribution is 2.40. The van der Waals surface area contributed by atoms with E-state index in [9.17, 15) is 9.90 Å². The lowest BCUT2D eigenvalue weighted by Gasteiger charge is -2.28. The molecule has 1 fully saturated rings. The molecule has 0 radical (unpaired) electrons. The molecule has 4 nitrogen and oxygen atoms in total. The van der Waals surface area contributed by atoms with Gasteiger partial charge in [-0.25, -0.2) is 0 Å². The van der Waals surface area contributed by atoms with Crippen molar-refractivity contribution in [1.82, 2.24) is 4.90 Å². The summed E-state index contributed by atoms with van der Waals surface area (Å²) in [5.41, 5.74) is 5.21. The first kappa shape index (κ1) is 28.2. The van der Waals surface area contributed by atoms with E-state index in [1.807, 2.05) is 12.1 Å². The van der Waals surface area contributed by atoms with Crippen molar-refractivity contribution < 1.29 is 9.90 Å². The SMILES string of the molecule is CCCC1CN(CC(=O)c2cc(C(C)(C)C)c(O)c(C(C)(C)C)c2)C(=N\Br)/C1=C/c1ccc(C)cc1. The summed E-state index contributed by atoms with van der Waals surface area (Å²) in [6.07, 6.45) is 4.31. The summed E-state index contributed by atoms with van der Waals surface area (Å²) in [6.45, 7) is 17.7. The summed E-state index contributed by atoms with van der Waals surface area (Å²) in [6, 6.07) is 12.2. The lowest BCUT2D eigenvalue weighted by molar-refractivity contribution is 0.0963. The van der Waals surface area contributed by atoms with Crippen molar-refractivity contribution >= 4 is 33.8 Å². The van der Waals surface area contributed by atoms with Gasteiger partial charge in [0.2, 0.25) is 0 Å². The Balaban J connectivity index is 1.98. The van der Waals surface area contributed by atoms with Crippen LogP contribution in [0, 0.1) is 12.8 Å². The number of ketones is 1. The largest absolute Gasteiger partial charge is 0.507 e. The number of carbonyl (C=O) groups is 1. The summed E-state index contributed by atoms with van der Waals surface area (Å²) < 4.78 is 4.47. The molecular formula is C31H41BrN2O2. The minimum Gasteiger partial charge on any atom is -0.507 e. The van der Waals surface area contributed by atoms with E-state index in [2.05, 4.69) is 111 Å². The van der Waals surface area contributed by atoms with Crippen LogP contribution in [-0.2, 0) is 10.8 Å². The second-order valence-electron chi connectivity index (χ2n) is 12.1. The molecule has 0 saturated carbocycles. The molecule has 2 aromatic rings. The van der Waals surface area contributed by atoms with Crippen molar-refractivity contribution in [3.8, 4) is 5.75 Å². The molecule has 1 N–H and O–H groups in total. The van der Waals surface area contributed by atoms with Crippen LogP contribution in [-0.4, -0.2) is 34.7 Å². The fraction of sp³-hybridized carbons (Fsp3) is 0.484. The summed E-state index contributed by atoms with van der Waals surface area (Å²) in [5.74, 6) is 1.47. The lowest BCUT2D eigenvalue weighted by atomic mass is 9.78. The quantitative estimate of drug-likeness (QED) is 0.369. The average molecular weight is 554 g/mol. The molecule has 0 bridgehead atoms. The Bertz CT molecular complexity index is 1130. The second-order valence-corrected chi connectivity index (χ2v) is 12.5. The Morgan fingerprint density at radius 2 is 1.64 bits per heavy atom. The molecule has 5 heteroatoms. The van der Waals surface area contributed by atoms with Gasteiger partial charge >= 0.3 is 0 Å². The van der Waals surface area contributed by atoms with Crippen LogP contribution in [0.15, 0.2) is 46.0 Å². The zero-order valence-electron chi connectivity index (χ0n) is 23.1. The van der Waals surface area contributed by atoms with Crippen LogP contribution in [0.25, 0.3) is 6.08 Å². The fourth-order valence-corrected chi connectivity index (χ4v) is 5.31. The van der Waals surface area contributed by atoms with E-state index in [0.717, 1.165) is 41.9 Å². The molecule has 1 unspecified atom stereocenters. The third kappa shape index (κ3) is 6.29. The number of aryl methyl sites for hydroxylation is 1. The Morgan fingerprint density at radius 1 is 1.08 bits per heavy atom. The van der Waals surface area contributed by atoms with Crippen LogP contribution in [0.1, 0.15) is 93.9 Å². The van der Waals surface area contributed by atoms with Crippen molar-refractivity contribution in [3.63, 3.8) is 0 Å². The standard InChI is InChI=1S/C31H41BrN2O2/c1-9-10-22-18-34(29(33-32)24(22)15-21-13-11-20(2)12-14-21)19-27(35)23-16-25(30(3,4)5)28(36)26(17-23)31(6,7)8/h11-17,22,36H,9-10,18-19H2,1-8H3/b24-15+,33-29-. The monoisotopic (exact) mass is 552 g/mol. The zero-order valence-corrected chi connectivity index (χ0v) is 24.7. The van der Waals surface area contributed by atoms with Gasteiger partial charge in [-0.15, -0.1) is 0 Å². The molecule has 1 heterocycles. The first-order chi connectivity index (χ1) is 16.8. The van der Waals surface area contributed by atoms with Gasteiger partial charge < -0.3 is 10.0 Å². The minimum atomic E-state index is -0.285. The van der Waals surface area contributed by atoms with Crippen LogP contribution in [0.2, 0.25) is 0 Å². The Labute approximate surface area is 225 Å². The first-order valence-corrected chi connectivity index (χ1v) is 13.6. The van der Waals surface area contributed by atoms with Crippen LogP contribution in [0.3, 0.4) is 0 Å². The van der Waals surface area contributed by atoms with Crippen molar-refractivity contribution in [2.24, 2.45) is 9.94 Å². The smallest absolute Gasteiger partial charge is 0.182 e. The molecule has 0 amide bonds. The number of rotatable bonds is 6. The molecule has 0 spiro atoms. The van der Waals surface area contributed by atoms with Gasteiger partial charge in [-0.3, -0.25) is 4.79 Å². The molecular weight excluding hydrogens is 512 g/mol. The normalized spacial score (nSPS) is 18.9. The zero-order chi connectivity index (χ0) is 26.8. The number of Topliss-reactive ketones (excluding diaryl/α,β-unsaturated/α-hetero) is 1. The van der Waals surface area contributed by atoms with Gasteiger partial charge in [0.1, 0.15) is 11.6 Å². The molecule has 1 aliphatic heterocycles. The van der Waals surface area contributed by atoms with E-state index < -0.39 is 0 Å². The van der Waals surface area contributed by atoms with Crippen LogP contribution >= 0.6 is 16.1 Å². The molecule has 2 aromatic carbocycles. The molecule has 3 rings (SSSR count). The summed E-state index contributed by atoms with van der Waals surface area (Å²) in [4.78, 5) is 15.8. The predicted octanol–water partition coefficient (Wildman–Crippen LogP) is 8.00. The molecule has 1 saturated heterocycles. The van der Waals surface area contributed by atoms with Gasteiger partial charge in [-0.1, -0.05) is 84.7 Å². The van der Waals surface area contributed by atoms with Gasteiger partial charge in [0.25, 0.3) is 0 Å². The number of nitrogens with zero attached hydrogens (tertiary/aromatic N) is 2. The van der Waals surface area contributed by atoms with Gasteiger partial charge in [0.05, 0.1) is 22.7 Å². The molecule has 0 aliphatic carbocycles. The van der Waals surface area contributed by atoms with E-state index in [0.29, 0.717) is 17.2 Å². The Hall–Kier alpha value is -2.40. The van der Waals surface area contributed by atoms with Gasteiger partial charge in [0, 0.05) is 34.7 Å². The number of amidine groups is 1. The van der Waals surface area contributed by atoms with Crippen LogP contribution in [0.4, 0.5) is 0 Å². The van der Waals surface area contributed by atoms with Crippen molar-refractivity contribution in [1.29, 1.82) is 0 Å². The number of hydrogen-bond acceptors (Lipinski definition) is 3. The number of carbonyl (C=O) groups excluding carboxylic acids is 1. The number of likely N-dealkylation sites (tertiary alicyclic amines) is 1. The number of aromatic hydroxyl groups is 1. The van der Waals surface area contributed by atoms with Gasteiger partial charge in [-0.05, 0) is 47.9 Å². The Kier molecular flexibility index (Phi) is 8.55. The predicted molar refractivity (Wildman–Crippen MR) is 155 cm³/mol. The van der Waals surface area contributed by atoms with Crippen molar-refractivity contribution in [2.45, 2.75) is 79.1 Å². The fourth-order valence-electron chi connectivity index (χ4n) is 4.88. The van der Waals surface area contributed by atoms with E-state index in [4.69, 9.17) is 0 Å². The van der Waals surface area contributed by atoms with Gasteiger partial charge in [0.15, 0.2) is 5.78 Å². The van der Waals surface area contributed by atoms with E-state index >= 15 is 0 Å². The highest BCUT2D eigenvalue weighted by atomic mass is 79.9. The van der Waals surface area contributed by atoms with Crippen LogP contribution in [0.5, 0.6) is 5.75 Å². The maximum absolute atomic E-state index is 13.7. The number of halogens is 1. The molecule has 1 aliphatic rings. The van der Waals surface area contributed by atoms with E-state index in [1.54, 1.807) is 0 Å². The Morgan fingerprint density at radius 3 is 2.11 bits per heavy atom. The summed E-state index contributed by atoms with van der Waals surface area (Å²) in [7, 11) is 0. The van der Waals surface area contributed by atoms with Crippen LogP contribution < -0.4 is 0 Å². The highest BCUT2D eigenvalue weighted by molar-refractivity contribution is 9.08. The summed E-state index contributed by atoms with van der Waals surface area (Å²) >= 11 is 3.35.